The second-order valence-electron chi connectivity index (χ2n) is 6.60. The van der Waals surface area contributed by atoms with Gasteiger partial charge in [0.1, 0.15) is 5.75 Å². The van der Waals surface area contributed by atoms with E-state index in [2.05, 4.69) is 22.4 Å². The Bertz CT molecular complexity index is 1250. The molecule has 150 valence electrons. The van der Waals surface area contributed by atoms with Crippen molar-refractivity contribution in [2.45, 2.75) is 4.90 Å². The highest BCUT2D eigenvalue weighted by Gasteiger charge is 2.20. The summed E-state index contributed by atoms with van der Waals surface area (Å²) in [5.41, 5.74) is 3.88. The molecule has 0 saturated carbocycles. The molecule has 1 aromatic heterocycles. The number of sulfone groups is 1. The van der Waals surface area contributed by atoms with Gasteiger partial charge in [0.15, 0.2) is 15.0 Å². The second kappa shape index (κ2) is 8.61. The lowest BCUT2D eigenvalue weighted by Gasteiger charge is -2.04. The first-order valence-corrected chi connectivity index (χ1v) is 11.7. The van der Waals surface area contributed by atoms with Crippen molar-refractivity contribution in [2.75, 3.05) is 11.1 Å². The average Bonchev–Trinajstić information content (AvgIpc) is 3.23. The van der Waals surface area contributed by atoms with Crippen molar-refractivity contribution in [3.63, 3.8) is 0 Å². The number of carbonyl (C=O) groups is 1. The Morgan fingerprint density at radius 3 is 2.03 bits per heavy atom. The van der Waals surface area contributed by atoms with E-state index in [-0.39, 0.29) is 4.90 Å². The van der Waals surface area contributed by atoms with Gasteiger partial charge >= 0.3 is 0 Å². The molecule has 0 aliphatic carbocycles. The van der Waals surface area contributed by atoms with Crippen LogP contribution in [0.3, 0.4) is 0 Å². The van der Waals surface area contributed by atoms with Crippen molar-refractivity contribution >= 4 is 32.2 Å². The van der Waals surface area contributed by atoms with Crippen molar-refractivity contribution in [3.05, 3.63) is 90.3 Å². The summed E-state index contributed by atoms with van der Waals surface area (Å²) in [6, 6.07) is 26.0. The molecule has 1 N–H and O–H groups in total. The van der Waals surface area contributed by atoms with Crippen LogP contribution in [0.2, 0.25) is 0 Å². The summed E-state index contributed by atoms with van der Waals surface area (Å²) in [6.07, 6.45) is 0. The van der Waals surface area contributed by atoms with Crippen LogP contribution in [0.25, 0.3) is 22.4 Å². The Morgan fingerprint density at radius 2 is 1.37 bits per heavy atom. The molecule has 0 spiro atoms. The van der Waals surface area contributed by atoms with Gasteiger partial charge in [-0.2, -0.15) is 0 Å². The lowest BCUT2D eigenvalue weighted by molar-refractivity contribution is -0.113. The molecule has 1 amide bonds. The minimum atomic E-state index is -3.69. The van der Waals surface area contributed by atoms with Gasteiger partial charge in [0.05, 0.1) is 10.6 Å². The third kappa shape index (κ3) is 4.64. The summed E-state index contributed by atoms with van der Waals surface area (Å²) < 4.78 is 24.7. The highest BCUT2D eigenvalue weighted by atomic mass is 32.2. The molecule has 0 bridgehead atoms. The maximum atomic E-state index is 12.3. The number of amides is 1. The van der Waals surface area contributed by atoms with Crippen LogP contribution < -0.4 is 5.32 Å². The van der Waals surface area contributed by atoms with Gasteiger partial charge in [-0.15, -0.1) is 11.3 Å². The van der Waals surface area contributed by atoms with Crippen LogP contribution >= 0.6 is 11.3 Å². The minimum absolute atomic E-state index is 0.124. The largest absolute Gasteiger partial charge is 0.301 e. The molecule has 4 rings (SSSR count). The normalized spacial score (nSPS) is 11.2. The van der Waals surface area contributed by atoms with E-state index in [4.69, 9.17) is 0 Å². The zero-order valence-electron chi connectivity index (χ0n) is 15.9. The van der Waals surface area contributed by atoms with E-state index >= 15 is 0 Å². The molecule has 0 aliphatic heterocycles. The van der Waals surface area contributed by atoms with Crippen molar-refractivity contribution in [1.29, 1.82) is 0 Å². The number of benzene rings is 3. The Labute approximate surface area is 179 Å². The van der Waals surface area contributed by atoms with Gasteiger partial charge < -0.3 is 5.32 Å². The average molecular weight is 435 g/mol. The molecule has 0 aliphatic rings. The number of carbonyl (C=O) groups excluding carboxylic acids is 1. The third-order valence-corrected chi connectivity index (χ3v) is 6.85. The number of thiazole rings is 1. The van der Waals surface area contributed by atoms with E-state index in [9.17, 15) is 13.2 Å². The van der Waals surface area contributed by atoms with Gasteiger partial charge in [-0.05, 0) is 23.3 Å². The third-order valence-electron chi connectivity index (χ3n) is 4.46. The number of aromatic nitrogens is 1. The molecular weight excluding hydrogens is 416 g/mol. The summed E-state index contributed by atoms with van der Waals surface area (Å²) in [7, 11) is -3.69. The lowest BCUT2D eigenvalue weighted by atomic mass is 10.0. The molecule has 0 radical (unpaired) electrons. The van der Waals surface area contributed by atoms with Crippen molar-refractivity contribution in [3.8, 4) is 22.4 Å². The molecule has 3 aromatic carbocycles. The summed E-state index contributed by atoms with van der Waals surface area (Å²) in [5, 5.41) is 4.78. The van der Waals surface area contributed by atoms with Gasteiger partial charge in [-0.1, -0.05) is 72.8 Å². The van der Waals surface area contributed by atoms with E-state index in [0.29, 0.717) is 5.13 Å². The van der Waals surface area contributed by atoms with Crippen LogP contribution in [0, 0.1) is 0 Å². The van der Waals surface area contributed by atoms with Gasteiger partial charge in [0, 0.05) is 10.9 Å². The van der Waals surface area contributed by atoms with Crippen LogP contribution in [0.15, 0.2) is 95.2 Å². The Kier molecular flexibility index (Phi) is 5.74. The first kappa shape index (κ1) is 20.0. The zero-order chi connectivity index (χ0) is 21.0. The summed E-state index contributed by atoms with van der Waals surface area (Å²) >= 11 is 1.26. The maximum absolute atomic E-state index is 12.3. The minimum Gasteiger partial charge on any atom is -0.301 e. The van der Waals surface area contributed by atoms with E-state index < -0.39 is 21.5 Å². The predicted octanol–water partition coefficient (Wildman–Crippen LogP) is 4.89. The van der Waals surface area contributed by atoms with Gasteiger partial charge in [0.2, 0.25) is 5.91 Å². The van der Waals surface area contributed by atoms with Crippen LogP contribution in [0.1, 0.15) is 0 Å². The topological polar surface area (TPSA) is 76.1 Å². The quantitative estimate of drug-likeness (QED) is 0.469. The number of nitrogens with zero attached hydrogens (tertiary/aromatic N) is 1. The summed E-state index contributed by atoms with van der Waals surface area (Å²) in [5.74, 6) is -1.24. The molecular formula is C23H18N2O3S2. The van der Waals surface area contributed by atoms with Gasteiger partial charge in [-0.3, -0.25) is 4.79 Å². The van der Waals surface area contributed by atoms with E-state index in [1.54, 1.807) is 18.2 Å². The summed E-state index contributed by atoms with van der Waals surface area (Å²) in [6.45, 7) is 0. The van der Waals surface area contributed by atoms with E-state index in [1.807, 2.05) is 47.8 Å². The van der Waals surface area contributed by atoms with E-state index in [1.165, 1.54) is 23.5 Å². The van der Waals surface area contributed by atoms with Crippen molar-refractivity contribution in [1.82, 2.24) is 4.98 Å². The van der Waals surface area contributed by atoms with Gasteiger partial charge in [0.25, 0.3) is 0 Å². The second-order valence-corrected chi connectivity index (χ2v) is 9.45. The van der Waals surface area contributed by atoms with Crippen molar-refractivity contribution < 1.29 is 13.2 Å². The van der Waals surface area contributed by atoms with Gasteiger partial charge in [-0.25, -0.2) is 13.4 Å². The highest BCUT2D eigenvalue weighted by molar-refractivity contribution is 7.92. The predicted molar refractivity (Wildman–Crippen MR) is 120 cm³/mol. The van der Waals surface area contributed by atoms with Crippen LogP contribution in [0.4, 0.5) is 5.13 Å². The maximum Gasteiger partial charge on any atom is 0.241 e. The highest BCUT2D eigenvalue weighted by Crippen LogP contribution is 2.27. The zero-order valence-corrected chi connectivity index (χ0v) is 17.5. The fraction of sp³-hybridized carbons (Fsp3) is 0.0435. The fourth-order valence-corrected chi connectivity index (χ4v) is 4.86. The van der Waals surface area contributed by atoms with E-state index in [0.717, 1.165) is 22.4 Å². The molecule has 4 aromatic rings. The molecule has 0 fully saturated rings. The molecule has 0 saturated heterocycles. The number of anilines is 1. The Morgan fingerprint density at radius 1 is 0.800 bits per heavy atom. The molecule has 0 atom stereocenters. The van der Waals surface area contributed by atoms with Crippen LogP contribution in [-0.4, -0.2) is 25.1 Å². The number of rotatable bonds is 6. The molecule has 30 heavy (non-hydrogen) atoms. The smallest absolute Gasteiger partial charge is 0.241 e. The molecule has 1 heterocycles. The SMILES string of the molecule is O=C(CS(=O)(=O)c1ccccc1)Nc1nc(-c2ccc(-c3ccccc3)cc2)cs1. The first-order chi connectivity index (χ1) is 14.5. The Hall–Kier alpha value is -3.29. The first-order valence-electron chi connectivity index (χ1n) is 9.20. The number of nitrogens with one attached hydrogen (secondary N) is 1. The molecule has 7 heteroatoms. The summed E-state index contributed by atoms with van der Waals surface area (Å²) in [4.78, 5) is 16.8. The van der Waals surface area contributed by atoms with Crippen molar-refractivity contribution in [2.24, 2.45) is 0 Å². The monoisotopic (exact) mass is 434 g/mol. The number of hydrogen-bond donors (Lipinski definition) is 1. The lowest BCUT2D eigenvalue weighted by Crippen LogP contribution is -2.22. The molecule has 5 nitrogen and oxygen atoms in total. The Balaban J connectivity index is 1.43. The molecule has 0 unspecified atom stereocenters. The van der Waals surface area contributed by atoms with Crippen LogP contribution in [0.5, 0.6) is 0 Å². The van der Waals surface area contributed by atoms with Crippen LogP contribution in [-0.2, 0) is 14.6 Å². The fourth-order valence-electron chi connectivity index (χ4n) is 2.97. The number of hydrogen-bond acceptors (Lipinski definition) is 5. The standard InChI is InChI=1S/C23H18N2O3S2/c26-22(16-30(27,28)20-9-5-2-6-10-20)25-23-24-21(15-29-23)19-13-11-18(12-14-19)17-7-3-1-4-8-17/h1-15H,16H2,(H,24,25,26).